The molecule has 0 saturated heterocycles. The number of hydrogen-bond acceptors (Lipinski definition) is 9. The lowest BCUT2D eigenvalue weighted by molar-refractivity contribution is -0.119. The van der Waals surface area contributed by atoms with Crippen molar-refractivity contribution in [3.63, 3.8) is 0 Å². The van der Waals surface area contributed by atoms with Gasteiger partial charge in [0, 0.05) is 0 Å². The maximum absolute atomic E-state index is 12.4. The summed E-state index contributed by atoms with van der Waals surface area (Å²) < 4.78 is 6.25. The van der Waals surface area contributed by atoms with Crippen LogP contribution in [-0.4, -0.2) is 44.6 Å². The topological polar surface area (TPSA) is 152 Å². The summed E-state index contributed by atoms with van der Waals surface area (Å²) in [6.45, 7) is -0.685. The van der Waals surface area contributed by atoms with Crippen LogP contribution in [0.4, 0.5) is 10.7 Å². The lowest BCUT2D eigenvalue weighted by Crippen LogP contribution is -2.23. The molecule has 2 N–H and O–H groups in total. The van der Waals surface area contributed by atoms with Crippen LogP contribution in [0.15, 0.2) is 42.0 Å². The average molecular weight is 411 g/mol. The van der Waals surface area contributed by atoms with Crippen molar-refractivity contribution < 1.29 is 19.1 Å². The van der Waals surface area contributed by atoms with Gasteiger partial charge in [-0.2, -0.15) is 5.26 Å². The molecular formula is C17H13N7O4S. The molecule has 0 aliphatic carbocycles. The third-order valence-electron chi connectivity index (χ3n) is 3.49. The fourth-order valence-electron chi connectivity index (χ4n) is 2.23. The summed E-state index contributed by atoms with van der Waals surface area (Å²) in [6.07, 6.45) is 1.28. The fourth-order valence-corrected chi connectivity index (χ4v) is 2.98. The summed E-state index contributed by atoms with van der Waals surface area (Å²) >= 11 is 1.19. The average Bonchev–Trinajstić information content (AvgIpc) is 3.38. The number of ether oxygens (including phenoxy) is 1. The Bertz CT molecular complexity index is 1070. The van der Waals surface area contributed by atoms with Gasteiger partial charge in [0.05, 0.1) is 16.8 Å². The first-order valence-electron chi connectivity index (χ1n) is 8.11. The van der Waals surface area contributed by atoms with Crippen molar-refractivity contribution in [1.82, 2.24) is 20.2 Å². The largest absolute Gasteiger partial charge is 0.452 e. The number of anilines is 2. The lowest BCUT2D eigenvalue weighted by atomic mass is 10.2. The minimum absolute atomic E-state index is 0.0826. The SMILES string of the molecule is N#Cc1ccsc1NC(=O)COC(=O)c1ccccc1NC(=O)Cn1cnnn1. The second-order valence-electron chi connectivity index (χ2n) is 5.50. The Hall–Kier alpha value is -4.11. The third-order valence-corrected chi connectivity index (χ3v) is 4.32. The number of carbonyl (C=O) groups excluding carboxylic acids is 3. The van der Waals surface area contributed by atoms with Crippen molar-refractivity contribution in [3.05, 3.63) is 53.2 Å². The maximum atomic E-state index is 12.4. The summed E-state index contributed by atoms with van der Waals surface area (Å²) in [7, 11) is 0. The molecule has 3 rings (SSSR count). The minimum atomic E-state index is -0.787. The molecule has 0 aliphatic rings. The van der Waals surface area contributed by atoms with Crippen LogP contribution in [-0.2, 0) is 20.9 Å². The van der Waals surface area contributed by atoms with Crippen LogP contribution in [0.25, 0.3) is 0 Å². The Labute approximate surface area is 167 Å². The summed E-state index contributed by atoms with van der Waals surface area (Å²) in [5.74, 6) is -1.82. The summed E-state index contributed by atoms with van der Waals surface area (Å²) in [5.41, 5.74) is 0.630. The van der Waals surface area contributed by atoms with Gasteiger partial charge in [-0.1, -0.05) is 12.1 Å². The number of carbonyl (C=O) groups is 3. The van der Waals surface area contributed by atoms with Crippen LogP contribution in [0.2, 0.25) is 0 Å². The Balaban J connectivity index is 1.58. The van der Waals surface area contributed by atoms with E-state index in [1.807, 2.05) is 6.07 Å². The van der Waals surface area contributed by atoms with Gasteiger partial charge in [-0.05, 0) is 34.0 Å². The molecule has 2 aromatic heterocycles. The van der Waals surface area contributed by atoms with Crippen LogP contribution in [0.1, 0.15) is 15.9 Å². The molecule has 0 unspecified atom stereocenters. The molecule has 0 aliphatic heterocycles. The van der Waals surface area contributed by atoms with E-state index in [2.05, 4.69) is 26.2 Å². The van der Waals surface area contributed by atoms with Gasteiger partial charge in [-0.15, -0.1) is 16.4 Å². The summed E-state index contributed by atoms with van der Waals surface area (Å²) in [5, 5.41) is 26.5. The molecule has 29 heavy (non-hydrogen) atoms. The first-order chi connectivity index (χ1) is 14.1. The molecule has 2 heterocycles. The highest BCUT2D eigenvalue weighted by molar-refractivity contribution is 7.14. The minimum Gasteiger partial charge on any atom is -0.452 e. The standard InChI is InChI=1S/C17H13N7O4S/c18-7-11-5-6-29-16(11)21-15(26)9-28-17(27)12-3-1-2-4-13(12)20-14(25)8-24-10-19-22-23-24/h1-6,10H,8-9H2,(H,20,25)(H,21,26). The smallest absolute Gasteiger partial charge is 0.340 e. The molecule has 2 amide bonds. The summed E-state index contributed by atoms with van der Waals surface area (Å²) in [4.78, 5) is 36.4. The van der Waals surface area contributed by atoms with Crippen LogP contribution >= 0.6 is 11.3 Å². The molecule has 3 aromatic rings. The molecule has 146 valence electrons. The molecule has 0 saturated carbocycles. The van der Waals surface area contributed by atoms with Gasteiger partial charge in [0.15, 0.2) is 6.61 Å². The molecule has 0 spiro atoms. The van der Waals surface area contributed by atoms with E-state index in [-0.39, 0.29) is 17.8 Å². The zero-order chi connectivity index (χ0) is 20.6. The zero-order valence-electron chi connectivity index (χ0n) is 14.7. The van der Waals surface area contributed by atoms with E-state index in [0.717, 1.165) is 0 Å². The van der Waals surface area contributed by atoms with Crippen LogP contribution in [0.3, 0.4) is 0 Å². The number of esters is 1. The van der Waals surface area contributed by atoms with Gasteiger partial charge in [0.1, 0.15) is 23.9 Å². The van der Waals surface area contributed by atoms with Crippen LogP contribution in [0.5, 0.6) is 0 Å². The van der Waals surface area contributed by atoms with Crippen LogP contribution in [0, 0.1) is 11.3 Å². The number of para-hydroxylation sites is 1. The maximum Gasteiger partial charge on any atom is 0.340 e. The predicted octanol–water partition coefficient (Wildman–Crippen LogP) is 1.04. The van der Waals surface area contributed by atoms with Gasteiger partial charge >= 0.3 is 5.97 Å². The van der Waals surface area contributed by atoms with Gasteiger partial charge in [-0.25, -0.2) is 9.48 Å². The highest BCUT2D eigenvalue weighted by atomic mass is 32.1. The zero-order valence-corrected chi connectivity index (χ0v) is 15.5. The Morgan fingerprint density at radius 2 is 2.00 bits per heavy atom. The molecule has 0 bridgehead atoms. The fraction of sp³-hybridized carbons (Fsp3) is 0.118. The monoisotopic (exact) mass is 411 g/mol. The molecule has 0 atom stereocenters. The Morgan fingerprint density at radius 1 is 1.17 bits per heavy atom. The quantitative estimate of drug-likeness (QED) is 0.547. The van der Waals surface area contributed by atoms with Crippen molar-refractivity contribution in [1.29, 1.82) is 5.26 Å². The number of benzene rings is 1. The van der Waals surface area contributed by atoms with Gasteiger partial charge in [0.25, 0.3) is 5.91 Å². The molecule has 0 fully saturated rings. The normalized spacial score (nSPS) is 10.0. The second kappa shape index (κ2) is 9.20. The van der Waals surface area contributed by atoms with Crippen molar-refractivity contribution in [2.45, 2.75) is 6.54 Å². The number of rotatable bonds is 7. The number of thiophene rings is 1. The molecule has 11 nitrogen and oxygen atoms in total. The number of nitrogens with zero attached hydrogens (tertiary/aromatic N) is 5. The van der Waals surface area contributed by atoms with Gasteiger partial charge in [-0.3, -0.25) is 9.59 Å². The Morgan fingerprint density at radius 3 is 2.76 bits per heavy atom. The number of hydrogen-bond donors (Lipinski definition) is 2. The van der Waals surface area contributed by atoms with E-state index >= 15 is 0 Å². The van der Waals surface area contributed by atoms with E-state index < -0.39 is 24.4 Å². The lowest BCUT2D eigenvalue weighted by Gasteiger charge is -2.11. The number of nitrogens with one attached hydrogen (secondary N) is 2. The number of aromatic nitrogens is 4. The first kappa shape index (κ1) is 19.6. The van der Waals surface area contributed by atoms with E-state index in [4.69, 9.17) is 10.00 Å². The van der Waals surface area contributed by atoms with Crippen LogP contribution < -0.4 is 10.6 Å². The number of nitriles is 1. The highest BCUT2D eigenvalue weighted by Gasteiger charge is 2.17. The molecule has 0 radical (unpaired) electrons. The van der Waals surface area contributed by atoms with E-state index in [9.17, 15) is 14.4 Å². The second-order valence-corrected chi connectivity index (χ2v) is 6.42. The number of amides is 2. The van der Waals surface area contributed by atoms with Crippen molar-refractivity contribution >= 4 is 39.8 Å². The number of tetrazole rings is 1. The third kappa shape index (κ3) is 5.21. The van der Waals surface area contributed by atoms with E-state index in [1.165, 1.54) is 34.5 Å². The molecular weight excluding hydrogens is 398 g/mol. The van der Waals surface area contributed by atoms with Crippen molar-refractivity contribution in [2.75, 3.05) is 17.2 Å². The van der Waals surface area contributed by atoms with Crippen molar-refractivity contribution in [2.24, 2.45) is 0 Å². The van der Waals surface area contributed by atoms with E-state index in [0.29, 0.717) is 10.6 Å². The predicted molar refractivity (Wildman–Crippen MR) is 101 cm³/mol. The van der Waals surface area contributed by atoms with E-state index in [1.54, 1.807) is 23.6 Å². The molecule has 1 aromatic carbocycles. The summed E-state index contributed by atoms with van der Waals surface area (Å²) in [6, 6.07) is 9.73. The van der Waals surface area contributed by atoms with Gasteiger partial charge in [0.2, 0.25) is 5.91 Å². The van der Waals surface area contributed by atoms with Gasteiger partial charge < -0.3 is 15.4 Å². The molecule has 12 heteroatoms. The highest BCUT2D eigenvalue weighted by Crippen LogP contribution is 2.22. The Kier molecular flexibility index (Phi) is 6.23. The first-order valence-corrected chi connectivity index (χ1v) is 8.99. The van der Waals surface area contributed by atoms with Crippen molar-refractivity contribution in [3.8, 4) is 6.07 Å².